The van der Waals surface area contributed by atoms with Gasteiger partial charge in [-0.25, -0.2) is 18.5 Å². The first-order chi connectivity index (χ1) is 11.4. The molecule has 25 heavy (non-hydrogen) atoms. The summed E-state index contributed by atoms with van der Waals surface area (Å²) in [5.74, 6) is 0.721. The van der Waals surface area contributed by atoms with Crippen molar-refractivity contribution in [1.29, 1.82) is 0 Å². The van der Waals surface area contributed by atoms with Crippen LogP contribution < -0.4 is 15.8 Å². The van der Waals surface area contributed by atoms with E-state index in [1.54, 1.807) is 23.5 Å². The second-order valence-electron chi connectivity index (χ2n) is 5.25. The van der Waals surface area contributed by atoms with Crippen molar-refractivity contribution in [1.82, 2.24) is 10.6 Å². The van der Waals surface area contributed by atoms with Gasteiger partial charge in [-0.2, -0.15) is 0 Å². The molecule has 2 aromatic rings. The number of halogens is 1. The average molecular weight is 494 g/mol. The fourth-order valence-corrected chi connectivity index (χ4v) is 3.39. The van der Waals surface area contributed by atoms with Gasteiger partial charge in [0.1, 0.15) is 0 Å². The number of hydrogen-bond acceptors (Lipinski definition) is 4. The van der Waals surface area contributed by atoms with Crippen LogP contribution in [0.3, 0.4) is 0 Å². The monoisotopic (exact) mass is 494 g/mol. The highest BCUT2D eigenvalue weighted by Gasteiger charge is 2.06. The average Bonchev–Trinajstić information content (AvgIpc) is 2.95. The van der Waals surface area contributed by atoms with Gasteiger partial charge < -0.3 is 10.6 Å². The van der Waals surface area contributed by atoms with Gasteiger partial charge >= 0.3 is 0 Å². The number of rotatable bonds is 6. The van der Waals surface area contributed by atoms with Crippen LogP contribution in [0.5, 0.6) is 0 Å². The molecule has 0 saturated heterocycles. The van der Waals surface area contributed by atoms with Gasteiger partial charge in [-0.15, -0.1) is 35.3 Å². The Morgan fingerprint density at radius 2 is 1.84 bits per heavy atom. The first-order valence-corrected chi connectivity index (χ1v) is 9.94. The predicted octanol–water partition coefficient (Wildman–Crippen LogP) is 2.58. The Balaban J connectivity index is 0.00000312. The molecule has 2 rings (SSSR count). The SMILES string of the molecule is CCNC(=NCc1ccc(S(N)(=O)=O)cc1)NCc1ccc(C)s1.I. The number of nitrogens with one attached hydrogen (secondary N) is 2. The van der Waals surface area contributed by atoms with Crippen LogP contribution in [0.1, 0.15) is 22.2 Å². The number of aryl methyl sites for hydroxylation is 1. The van der Waals surface area contributed by atoms with E-state index in [9.17, 15) is 8.42 Å². The zero-order valence-electron chi connectivity index (χ0n) is 14.2. The second kappa shape index (κ2) is 10.1. The van der Waals surface area contributed by atoms with E-state index in [-0.39, 0.29) is 28.9 Å². The molecule has 1 aromatic heterocycles. The summed E-state index contributed by atoms with van der Waals surface area (Å²) in [5.41, 5.74) is 0.909. The van der Waals surface area contributed by atoms with Crippen LogP contribution in [0.4, 0.5) is 0 Å². The zero-order valence-corrected chi connectivity index (χ0v) is 18.1. The summed E-state index contributed by atoms with van der Waals surface area (Å²) >= 11 is 1.75. The zero-order chi connectivity index (χ0) is 17.6. The van der Waals surface area contributed by atoms with Crippen LogP contribution >= 0.6 is 35.3 Å². The van der Waals surface area contributed by atoms with Crippen molar-refractivity contribution in [2.75, 3.05) is 6.54 Å². The lowest BCUT2D eigenvalue weighted by molar-refractivity contribution is 0.598. The molecule has 0 aliphatic rings. The molecule has 0 fully saturated rings. The third-order valence-corrected chi connectivity index (χ3v) is 5.17. The first kappa shape index (κ1) is 21.9. The van der Waals surface area contributed by atoms with E-state index >= 15 is 0 Å². The summed E-state index contributed by atoms with van der Waals surface area (Å²) in [6.07, 6.45) is 0. The van der Waals surface area contributed by atoms with Crippen LogP contribution in [0.2, 0.25) is 0 Å². The number of thiophene rings is 1. The smallest absolute Gasteiger partial charge is 0.238 e. The summed E-state index contributed by atoms with van der Waals surface area (Å²) < 4.78 is 22.5. The van der Waals surface area contributed by atoms with Crippen LogP contribution in [-0.2, 0) is 23.1 Å². The highest BCUT2D eigenvalue weighted by Crippen LogP contribution is 2.14. The summed E-state index contributed by atoms with van der Waals surface area (Å²) in [4.78, 5) is 7.15. The molecule has 0 radical (unpaired) electrons. The fraction of sp³-hybridized carbons (Fsp3) is 0.312. The lowest BCUT2D eigenvalue weighted by Gasteiger charge is -2.10. The highest BCUT2D eigenvalue weighted by molar-refractivity contribution is 14.0. The molecule has 0 saturated carbocycles. The summed E-state index contributed by atoms with van der Waals surface area (Å²) in [5, 5.41) is 11.6. The molecule has 0 aliphatic carbocycles. The van der Waals surface area contributed by atoms with Gasteiger partial charge in [0.25, 0.3) is 0 Å². The largest absolute Gasteiger partial charge is 0.357 e. The van der Waals surface area contributed by atoms with E-state index in [0.717, 1.165) is 18.1 Å². The van der Waals surface area contributed by atoms with Gasteiger partial charge in [0.05, 0.1) is 18.0 Å². The molecule has 9 heteroatoms. The molecule has 138 valence electrons. The van der Waals surface area contributed by atoms with E-state index in [4.69, 9.17) is 5.14 Å². The van der Waals surface area contributed by atoms with E-state index in [1.807, 2.05) is 6.92 Å². The Bertz CT molecular complexity index is 802. The van der Waals surface area contributed by atoms with Crippen LogP contribution in [-0.4, -0.2) is 20.9 Å². The maximum Gasteiger partial charge on any atom is 0.238 e. The minimum atomic E-state index is -3.66. The van der Waals surface area contributed by atoms with Gasteiger partial charge in [-0.1, -0.05) is 12.1 Å². The van der Waals surface area contributed by atoms with E-state index in [0.29, 0.717) is 13.1 Å². The summed E-state index contributed by atoms with van der Waals surface area (Å²) in [6, 6.07) is 10.6. The molecule has 1 aromatic carbocycles. The number of hydrogen-bond donors (Lipinski definition) is 3. The minimum absolute atomic E-state index is 0. The molecule has 1 heterocycles. The van der Waals surface area contributed by atoms with Crippen LogP contribution in [0.15, 0.2) is 46.3 Å². The molecule has 0 amide bonds. The van der Waals surface area contributed by atoms with Crippen molar-refractivity contribution in [2.24, 2.45) is 10.1 Å². The van der Waals surface area contributed by atoms with Crippen LogP contribution in [0.25, 0.3) is 0 Å². The van der Waals surface area contributed by atoms with Crippen molar-refractivity contribution in [3.8, 4) is 0 Å². The number of guanidine groups is 1. The number of nitrogens with two attached hydrogens (primary N) is 1. The van der Waals surface area contributed by atoms with Gasteiger partial charge in [0.2, 0.25) is 10.0 Å². The quantitative estimate of drug-likeness (QED) is 0.327. The molecule has 0 bridgehead atoms. The van der Waals surface area contributed by atoms with E-state index < -0.39 is 10.0 Å². The number of aliphatic imine (C=N–C) groups is 1. The minimum Gasteiger partial charge on any atom is -0.357 e. The van der Waals surface area contributed by atoms with Crippen molar-refractivity contribution < 1.29 is 8.42 Å². The number of nitrogens with zero attached hydrogens (tertiary/aromatic N) is 1. The summed E-state index contributed by atoms with van der Waals surface area (Å²) in [6.45, 7) is 6.02. The Hall–Kier alpha value is -1.17. The van der Waals surface area contributed by atoms with Gasteiger partial charge in [-0.3, -0.25) is 0 Å². The van der Waals surface area contributed by atoms with Crippen molar-refractivity contribution >= 4 is 51.3 Å². The molecule has 0 atom stereocenters. The van der Waals surface area contributed by atoms with Crippen molar-refractivity contribution in [3.05, 3.63) is 51.7 Å². The van der Waals surface area contributed by atoms with Crippen molar-refractivity contribution in [3.63, 3.8) is 0 Å². The van der Waals surface area contributed by atoms with Gasteiger partial charge in [0, 0.05) is 16.3 Å². The molecule has 0 spiro atoms. The highest BCUT2D eigenvalue weighted by atomic mass is 127. The van der Waals surface area contributed by atoms with E-state index in [2.05, 4.69) is 34.7 Å². The van der Waals surface area contributed by atoms with Gasteiger partial charge in [-0.05, 0) is 43.7 Å². The standard InChI is InChI=1S/C16H22N4O2S2.HI/c1-3-18-16(20-11-14-7-4-12(2)23-14)19-10-13-5-8-15(9-6-13)24(17,21)22;/h4-9H,3,10-11H2,1-2H3,(H2,17,21,22)(H2,18,19,20);1H. The predicted molar refractivity (Wildman–Crippen MR) is 114 cm³/mol. The molecule has 4 N–H and O–H groups in total. The van der Waals surface area contributed by atoms with E-state index in [1.165, 1.54) is 21.9 Å². The number of primary sulfonamides is 1. The lowest BCUT2D eigenvalue weighted by atomic mass is 10.2. The maximum atomic E-state index is 11.2. The van der Waals surface area contributed by atoms with Crippen molar-refractivity contribution in [2.45, 2.75) is 31.8 Å². The topological polar surface area (TPSA) is 96.6 Å². The Morgan fingerprint density at radius 1 is 1.16 bits per heavy atom. The third kappa shape index (κ3) is 7.30. The fourth-order valence-electron chi connectivity index (χ4n) is 2.05. The molecule has 0 unspecified atom stereocenters. The molecule has 0 aliphatic heterocycles. The normalized spacial score (nSPS) is 11.7. The lowest BCUT2D eigenvalue weighted by Crippen LogP contribution is -2.36. The Labute approximate surface area is 170 Å². The second-order valence-corrected chi connectivity index (χ2v) is 8.18. The van der Waals surface area contributed by atoms with Gasteiger partial charge in [0.15, 0.2) is 5.96 Å². The first-order valence-electron chi connectivity index (χ1n) is 7.57. The number of benzene rings is 1. The summed E-state index contributed by atoms with van der Waals surface area (Å²) in [7, 11) is -3.66. The third-order valence-electron chi connectivity index (χ3n) is 3.24. The van der Waals surface area contributed by atoms with Crippen LogP contribution in [0, 0.1) is 6.92 Å². The Kier molecular flexibility index (Phi) is 8.83. The number of sulfonamides is 1. The molecule has 6 nitrogen and oxygen atoms in total. The Morgan fingerprint density at radius 3 is 2.36 bits per heavy atom. The maximum absolute atomic E-state index is 11.2. The molecular weight excluding hydrogens is 471 g/mol. The molecular formula is C16H23IN4O2S2.